The zero-order chi connectivity index (χ0) is 15.9. The molecule has 0 saturated carbocycles. The number of nitrogens with zero attached hydrogens (tertiary/aromatic N) is 1. The first kappa shape index (κ1) is 16.4. The molecule has 0 aromatic heterocycles. The highest BCUT2D eigenvalue weighted by atomic mass is 32.2. The van der Waals surface area contributed by atoms with E-state index in [1.54, 1.807) is 18.2 Å². The predicted octanol–water partition coefficient (Wildman–Crippen LogP) is 2.80. The molecule has 0 radical (unpaired) electrons. The Bertz CT molecular complexity index is 577. The van der Waals surface area contributed by atoms with E-state index in [0.29, 0.717) is 12.8 Å². The van der Waals surface area contributed by atoms with Gasteiger partial charge >= 0.3 is 0 Å². The van der Waals surface area contributed by atoms with E-state index >= 15 is 0 Å². The lowest BCUT2D eigenvalue weighted by molar-refractivity contribution is -0.254. The molecule has 1 aromatic carbocycles. The van der Waals surface area contributed by atoms with Gasteiger partial charge in [0.1, 0.15) is 0 Å². The second-order valence-corrected chi connectivity index (χ2v) is 8.40. The van der Waals surface area contributed by atoms with Gasteiger partial charge in [0, 0.05) is 11.1 Å². The molecule has 118 valence electrons. The van der Waals surface area contributed by atoms with Crippen molar-refractivity contribution in [3.05, 3.63) is 30.3 Å². The molecule has 1 heterocycles. The van der Waals surface area contributed by atoms with E-state index in [2.05, 4.69) is 0 Å². The largest absolute Gasteiger partial charge is 0.313 e. The van der Waals surface area contributed by atoms with Crippen LogP contribution in [0.4, 0.5) is 0 Å². The molecule has 21 heavy (non-hydrogen) atoms. The van der Waals surface area contributed by atoms with Crippen molar-refractivity contribution in [1.82, 2.24) is 5.06 Å². The lowest BCUT2D eigenvalue weighted by Crippen LogP contribution is -2.60. The molecule has 1 aromatic rings. The van der Waals surface area contributed by atoms with Crippen molar-refractivity contribution in [1.29, 1.82) is 0 Å². The van der Waals surface area contributed by atoms with Crippen molar-refractivity contribution >= 4 is 10.1 Å². The summed E-state index contributed by atoms with van der Waals surface area (Å²) in [5.74, 6) is 0. The summed E-state index contributed by atoms with van der Waals surface area (Å²) in [6.45, 7) is 7.50. The van der Waals surface area contributed by atoms with E-state index in [4.69, 9.17) is 4.18 Å². The molecule has 1 aliphatic heterocycles. The van der Waals surface area contributed by atoms with Crippen molar-refractivity contribution in [2.75, 3.05) is 0 Å². The zero-order valence-corrected chi connectivity index (χ0v) is 13.7. The van der Waals surface area contributed by atoms with Crippen molar-refractivity contribution in [3.8, 4) is 0 Å². The summed E-state index contributed by atoms with van der Waals surface area (Å²) in [7, 11) is -3.78. The summed E-state index contributed by atoms with van der Waals surface area (Å²) in [5, 5.41) is 11.5. The topological polar surface area (TPSA) is 66.8 Å². The van der Waals surface area contributed by atoms with E-state index in [-0.39, 0.29) is 4.90 Å². The molecule has 0 aliphatic carbocycles. The van der Waals surface area contributed by atoms with Gasteiger partial charge < -0.3 is 5.21 Å². The highest BCUT2D eigenvalue weighted by Crippen LogP contribution is 2.38. The van der Waals surface area contributed by atoms with Gasteiger partial charge in [0.05, 0.1) is 11.0 Å². The van der Waals surface area contributed by atoms with Gasteiger partial charge in [0.15, 0.2) is 0 Å². The van der Waals surface area contributed by atoms with Crippen LogP contribution in [0.5, 0.6) is 0 Å². The molecule has 0 spiro atoms. The molecule has 6 heteroatoms. The monoisotopic (exact) mass is 313 g/mol. The predicted molar refractivity (Wildman–Crippen MR) is 79.5 cm³/mol. The molecule has 0 bridgehead atoms. The van der Waals surface area contributed by atoms with Crippen molar-refractivity contribution in [2.45, 2.75) is 62.6 Å². The number of benzene rings is 1. The van der Waals surface area contributed by atoms with Crippen molar-refractivity contribution in [3.63, 3.8) is 0 Å². The lowest BCUT2D eigenvalue weighted by Gasteiger charge is -2.50. The minimum atomic E-state index is -3.78. The Labute approximate surface area is 126 Å². The van der Waals surface area contributed by atoms with Crippen LogP contribution >= 0.6 is 0 Å². The van der Waals surface area contributed by atoms with Gasteiger partial charge in [-0.05, 0) is 52.7 Å². The Hall–Kier alpha value is -0.950. The van der Waals surface area contributed by atoms with Gasteiger partial charge in [0.2, 0.25) is 0 Å². The quantitative estimate of drug-likeness (QED) is 0.869. The third-order valence-electron chi connectivity index (χ3n) is 3.90. The minimum Gasteiger partial charge on any atom is -0.313 e. The normalized spacial score (nSPS) is 23.1. The molecule has 0 atom stereocenters. The van der Waals surface area contributed by atoms with Gasteiger partial charge in [-0.25, -0.2) is 0 Å². The van der Waals surface area contributed by atoms with Gasteiger partial charge in [-0.2, -0.15) is 13.5 Å². The van der Waals surface area contributed by atoms with Crippen LogP contribution in [0, 0.1) is 0 Å². The van der Waals surface area contributed by atoms with Crippen LogP contribution in [-0.4, -0.2) is 35.9 Å². The van der Waals surface area contributed by atoms with E-state index in [1.165, 1.54) is 17.2 Å². The van der Waals surface area contributed by atoms with Crippen LogP contribution < -0.4 is 0 Å². The molecule has 1 N–H and O–H groups in total. The summed E-state index contributed by atoms with van der Waals surface area (Å²) in [5.41, 5.74) is -1.09. The SMILES string of the molecule is CC1(C)CC(OS(=O)(=O)c2ccccc2)CC(C)(C)N1O. The smallest absolute Gasteiger partial charge is 0.297 e. The molecule has 2 rings (SSSR count). The Kier molecular flexibility index (Phi) is 4.19. The molecule has 1 saturated heterocycles. The molecule has 1 fully saturated rings. The van der Waals surface area contributed by atoms with Gasteiger partial charge in [-0.3, -0.25) is 4.18 Å². The van der Waals surface area contributed by atoms with Gasteiger partial charge in [-0.1, -0.05) is 18.2 Å². The first-order valence-corrected chi connectivity index (χ1v) is 8.43. The van der Waals surface area contributed by atoms with Crippen LogP contribution in [0.15, 0.2) is 35.2 Å². The molecule has 1 aliphatic rings. The molecule has 0 amide bonds. The number of piperidine rings is 1. The summed E-state index contributed by atoms with van der Waals surface area (Å²) >= 11 is 0. The molecular formula is C15H23NO4S. The summed E-state index contributed by atoms with van der Waals surface area (Å²) in [6, 6.07) is 8.13. The lowest BCUT2D eigenvalue weighted by atomic mass is 9.80. The molecular weight excluding hydrogens is 290 g/mol. The van der Waals surface area contributed by atoms with E-state index in [1.807, 2.05) is 27.7 Å². The maximum Gasteiger partial charge on any atom is 0.297 e. The van der Waals surface area contributed by atoms with Crippen LogP contribution in [0.3, 0.4) is 0 Å². The van der Waals surface area contributed by atoms with Gasteiger partial charge in [0.25, 0.3) is 10.1 Å². The Morgan fingerprint density at radius 1 is 1.10 bits per heavy atom. The maximum absolute atomic E-state index is 12.3. The zero-order valence-electron chi connectivity index (χ0n) is 12.9. The van der Waals surface area contributed by atoms with E-state index in [0.717, 1.165) is 0 Å². The fourth-order valence-electron chi connectivity index (χ4n) is 3.07. The Morgan fingerprint density at radius 2 is 1.57 bits per heavy atom. The van der Waals surface area contributed by atoms with Crippen molar-refractivity contribution < 1.29 is 17.8 Å². The fraction of sp³-hybridized carbons (Fsp3) is 0.600. The average molecular weight is 313 g/mol. The van der Waals surface area contributed by atoms with Crippen LogP contribution in [0.25, 0.3) is 0 Å². The number of hydrogen-bond donors (Lipinski definition) is 1. The van der Waals surface area contributed by atoms with E-state index < -0.39 is 27.3 Å². The Morgan fingerprint density at radius 3 is 2.05 bits per heavy atom. The van der Waals surface area contributed by atoms with Crippen LogP contribution in [0.2, 0.25) is 0 Å². The highest BCUT2D eigenvalue weighted by Gasteiger charge is 2.46. The highest BCUT2D eigenvalue weighted by molar-refractivity contribution is 7.86. The van der Waals surface area contributed by atoms with E-state index in [9.17, 15) is 13.6 Å². The van der Waals surface area contributed by atoms with Crippen molar-refractivity contribution in [2.24, 2.45) is 0 Å². The maximum atomic E-state index is 12.3. The third kappa shape index (κ3) is 3.45. The van der Waals surface area contributed by atoms with Crippen LogP contribution in [-0.2, 0) is 14.3 Å². The third-order valence-corrected chi connectivity index (χ3v) is 5.27. The fourth-order valence-corrected chi connectivity index (χ4v) is 4.16. The first-order valence-electron chi connectivity index (χ1n) is 7.02. The summed E-state index contributed by atoms with van der Waals surface area (Å²) in [6.07, 6.45) is 0.432. The van der Waals surface area contributed by atoms with Gasteiger partial charge in [-0.15, -0.1) is 0 Å². The summed E-state index contributed by atoms with van der Waals surface area (Å²) < 4.78 is 30.0. The number of rotatable bonds is 3. The minimum absolute atomic E-state index is 0.159. The average Bonchev–Trinajstić information content (AvgIpc) is 2.36. The standard InChI is InChI=1S/C15H23NO4S/c1-14(2)10-12(11-15(3,4)16(14)17)20-21(18,19)13-8-6-5-7-9-13/h5-9,12,17H,10-11H2,1-4H3. The number of hydrogen-bond acceptors (Lipinski definition) is 5. The molecule has 0 unspecified atom stereocenters. The first-order chi connectivity index (χ1) is 9.55. The second kappa shape index (κ2) is 5.35. The Balaban J connectivity index is 2.21. The second-order valence-electron chi connectivity index (χ2n) is 6.83. The molecule has 5 nitrogen and oxygen atoms in total. The summed E-state index contributed by atoms with van der Waals surface area (Å²) in [4.78, 5) is 0.159. The number of hydroxylamine groups is 2. The van der Waals surface area contributed by atoms with Crippen LogP contribution in [0.1, 0.15) is 40.5 Å².